The molecule has 3 rings (SSSR count). The van der Waals surface area contributed by atoms with Gasteiger partial charge in [-0.25, -0.2) is 0 Å². The van der Waals surface area contributed by atoms with Crippen LogP contribution in [0, 0.1) is 0 Å². The molecule has 0 nitrogen and oxygen atoms in total. The van der Waals surface area contributed by atoms with Gasteiger partial charge in [-0.2, -0.15) is 0 Å². The second kappa shape index (κ2) is 4.45. The maximum atomic E-state index is 3.72. The molecular formula is C14H19PSe. The molecule has 2 saturated heterocycles. The molecular weight excluding hydrogens is 278 g/mol. The van der Waals surface area contributed by atoms with E-state index in [-0.39, 0.29) is 0 Å². The summed E-state index contributed by atoms with van der Waals surface area (Å²) in [6, 6.07) is 11.3. The third kappa shape index (κ3) is 1.69. The number of benzene rings is 1. The standard InChI is InChI=1S/C14H19PSe/c16-15(12-6-2-1-3-7-12)13-8-4-9-14(15)11-5-10-13/h1-3,6-7,13-14H,4-5,8-11H2. The Hall–Kier alpha value is 0.169. The van der Waals surface area contributed by atoms with Gasteiger partial charge in [-0.3, -0.25) is 0 Å². The summed E-state index contributed by atoms with van der Waals surface area (Å²) in [5.74, 6) is 0. The Bertz CT molecular complexity index is 386. The summed E-state index contributed by atoms with van der Waals surface area (Å²) in [4.78, 5) is 0. The summed E-state index contributed by atoms with van der Waals surface area (Å²) in [6.45, 7) is 0. The van der Waals surface area contributed by atoms with Gasteiger partial charge in [0.05, 0.1) is 0 Å². The summed E-state index contributed by atoms with van der Waals surface area (Å²) >= 11 is 3.72. The second-order valence-corrected chi connectivity index (χ2v) is 12.4. The molecule has 2 heterocycles. The van der Waals surface area contributed by atoms with Crippen LogP contribution in [0.25, 0.3) is 0 Å². The average molecular weight is 297 g/mol. The van der Waals surface area contributed by atoms with Crippen LogP contribution in [0.15, 0.2) is 30.3 Å². The van der Waals surface area contributed by atoms with Gasteiger partial charge >= 0.3 is 106 Å². The fourth-order valence-corrected chi connectivity index (χ4v) is 11.4. The van der Waals surface area contributed by atoms with Gasteiger partial charge in [0.15, 0.2) is 0 Å². The summed E-state index contributed by atoms with van der Waals surface area (Å²) < 4.78 is 0. The molecule has 16 heavy (non-hydrogen) atoms. The molecule has 1 aromatic rings. The van der Waals surface area contributed by atoms with Gasteiger partial charge < -0.3 is 0 Å². The fraction of sp³-hybridized carbons (Fsp3) is 0.571. The van der Waals surface area contributed by atoms with E-state index in [0.29, 0.717) is 0 Å². The van der Waals surface area contributed by atoms with Crippen molar-refractivity contribution in [2.75, 3.05) is 0 Å². The van der Waals surface area contributed by atoms with E-state index in [9.17, 15) is 0 Å². The molecule has 2 bridgehead atoms. The first-order chi connectivity index (χ1) is 7.82. The molecule has 2 fully saturated rings. The van der Waals surface area contributed by atoms with Crippen molar-refractivity contribution in [3.05, 3.63) is 30.3 Å². The molecule has 0 saturated carbocycles. The van der Waals surface area contributed by atoms with Crippen molar-refractivity contribution in [3.63, 3.8) is 0 Å². The van der Waals surface area contributed by atoms with Crippen molar-refractivity contribution < 1.29 is 0 Å². The van der Waals surface area contributed by atoms with E-state index in [0.717, 1.165) is 11.3 Å². The third-order valence-corrected chi connectivity index (χ3v) is 13.8. The Balaban J connectivity index is 2.06. The van der Waals surface area contributed by atoms with E-state index in [2.05, 4.69) is 45.4 Å². The molecule has 1 aromatic carbocycles. The molecule has 0 atom stereocenters. The first-order valence-electron chi connectivity index (χ1n) is 6.47. The summed E-state index contributed by atoms with van der Waals surface area (Å²) in [5, 5.41) is 1.66. The van der Waals surface area contributed by atoms with Crippen molar-refractivity contribution in [2.45, 2.75) is 49.8 Å². The monoisotopic (exact) mass is 298 g/mol. The number of hydrogen-bond acceptors (Lipinski definition) is 0. The zero-order valence-electron chi connectivity index (χ0n) is 9.64. The quantitative estimate of drug-likeness (QED) is 0.549. The number of hydrogen-bond donors (Lipinski definition) is 0. The van der Waals surface area contributed by atoms with Crippen molar-refractivity contribution >= 4 is 25.9 Å². The van der Waals surface area contributed by atoms with Gasteiger partial charge in [0.2, 0.25) is 0 Å². The van der Waals surface area contributed by atoms with E-state index in [1.54, 1.807) is 5.30 Å². The van der Waals surface area contributed by atoms with Crippen LogP contribution in [0.4, 0.5) is 0 Å². The van der Waals surface area contributed by atoms with Crippen molar-refractivity contribution in [3.8, 4) is 0 Å². The fourth-order valence-electron chi connectivity index (χ4n) is 3.61. The Kier molecular flexibility index (Phi) is 3.13. The molecule has 2 aliphatic heterocycles. The van der Waals surface area contributed by atoms with Crippen LogP contribution < -0.4 is 5.30 Å². The Morgan fingerprint density at radius 3 is 1.88 bits per heavy atom. The topological polar surface area (TPSA) is 0 Å². The van der Waals surface area contributed by atoms with Crippen molar-refractivity contribution in [1.29, 1.82) is 0 Å². The minimum atomic E-state index is -0.955. The Labute approximate surface area is 106 Å². The molecule has 0 radical (unpaired) electrons. The van der Waals surface area contributed by atoms with Crippen LogP contribution in [0.1, 0.15) is 38.5 Å². The predicted octanol–water partition coefficient (Wildman–Crippen LogP) is 3.52. The first-order valence-corrected chi connectivity index (χ1v) is 10.6. The Morgan fingerprint density at radius 1 is 0.875 bits per heavy atom. The van der Waals surface area contributed by atoms with E-state index >= 15 is 0 Å². The average Bonchev–Trinajstić information content (AvgIpc) is 2.29. The SMILES string of the molecule is [Se]=P1(c2ccccc2)C2CCCC1CCC2. The van der Waals surface area contributed by atoms with E-state index in [1.165, 1.54) is 38.5 Å². The van der Waals surface area contributed by atoms with E-state index in [4.69, 9.17) is 0 Å². The normalized spacial score (nSPS) is 38.2. The molecule has 0 aromatic heterocycles. The summed E-state index contributed by atoms with van der Waals surface area (Å²) in [7, 11) is 0. The van der Waals surface area contributed by atoms with Crippen LogP contribution in [0.3, 0.4) is 0 Å². The van der Waals surface area contributed by atoms with Gasteiger partial charge in [0.25, 0.3) is 0 Å². The van der Waals surface area contributed by atoms with Gasteiger partial charge in [-0.15, -0.1) is 0 Å². The Morgan fingerprint density at radius 2 is 1.38 bits per heavy atom. The van der Waals surface area contributed by atoms with Gasteiger partial charge in [0.1, 0.15) is 0 Å². The van der Waals surface area contributed by atoms with E-state index < -0.39 is 5.51 Å². The molecule has 86 valence electrons. The van der Waals surface area contributed by atoms with Crippen LogP contribution in [-0.2, 0) is 0 Å². The second-order valence-electron chi connectivity index (χ2n) is 5.21. The molecule has 0 spiro atoms. The van der Waals surface area contributed by atoms with Crippen LogP contribution in [0.5, 0.6) is 0 Å². The molecule has 0 amide bonds. The molecule has 0 N–H and O–H groups in total. The molecule has 2 heteroatoms. The third-order valence-electron chi connectivity index (χ3n) is 4.39. The zero-order chi connectivity index (χ0) is 11.0. The summed E-state index contributed by atoms with van der Waals surface area (Å²) in [6.07, 6.45) is 8.87. The van der Waals surface area contributed by atoms with Gasteiger partial charge in [-0.1, -0.05) is 0 Å². The van der Waals surface area contributed by atoms with Crippen LogP contribution in [0.2, 0.25) is 0 Å². The molecule has 0 aliphatic carbocycles. The zero-order valence-corrected chi connectivity index (χ0v) is 12.2. The van der Waals surface area contributed by atoms with Gasteiger partial charge in [0, 0.05) is 0 Å². The molecule has 0 unspecified atom stereocenters. The van der Waals surface area contributed by atoms with Crippen molar-refractivity contribution in [2.24, 2.45) is 0 Å². The molecule has 2 aliphatic rings. The minimum absolute atomic E-state index is 0.955. The van der Waals surface area contributed by atoms with E-state index in [1.807, 2.05) is 0 Å². The van der Waals surface area contributed by atoms with Crippen LogP contribution in [-0.4, -0.2) is 26.4 Å². The van der Waals surface area contributed by atoms with Crippen LogP contribution >= 0.6 is 5.51 Å². The van der Waals surface area contributed by atoms with Crippen molar-refractivity contribution in [1.82, 2.24) is 0 Å². The number of rotatable bonds is 1. The maximum absolute atomic E-state index is 3.72. The van der Waals surface area contributed by atoms with Gasteiger partial charge in [-0.05, 0) is 0 Å². The first kappa shape index (κ1) is 11.3. The summed E-state index contributed by atoms with van der Waals surface area (Å²) in [5.41, 5.74) is 1.05. The predicted molar refractivity (Wildman–Crippen MR) is 74.0 cm³/mol. The number of fused-ring (bicyclic) bond motifs is 2.